The number of rotatable bonds is 12. The monoisotopic (exact) mass is 550 g/mol. The Morgan fingerprint density at radius 2 is 1.27 bits per heavy atom. The van der Waals surface area contributed by atoms with E-state index in [4.69, 9.17) is 0 Å². The summed E-state index contributed by atoms with van der Waals surface area (Å²) in [6.07, 6.45) is 16.1. The van der Waals surface area contributed by atoms with Crippen molar-refractivity contribution < 1.29 is 17.6 Å². The average molecular weight is 551 g/mol. The highest BCUT2D eigenvalue weighted by atomic mass is 19.2. The number of halogens is 4. The normalized spacial score (nSPS) is 17.6. The van der Waals surface area contributed by atoms with Gasteiger partial charge in [0.25, 0.3) is 0 Å². The van der Waals surface area contributed by atoms with Gasteiger partial charge < -0.3 is 0 Å². The van der Waals surface area contributed by atoms with E-state index in [2.05, 4.69) is 19.1 Å². The van der Waals surface area contributed by atoms with E-state index < -0.39 is 23.3 Å². The van der Waals surface area contributed by atoms with E-state index in [0.717, 1.165) is 70.6 Å². The minimum atomic E-state index is -0.864. The smallest absolute Gasteiger partial charge is 0.166 e. The van der Waals surface area contributed by atoms with Crippen molar-refractivity contribution in [1.29, 1.82) is 0 Å². The van der Waals surface area contributed by atoms with Crippen molar-refractivity contribution in [1.82, 2.24) is 0 Å². The molecule has 3 aromatic carbocycles. The van der Waals surface area contributed by atoms with Crippen molar-refractivity contribution in [2.45, 2.75) is 96.8 Å². The Hall–Kier alpha value is -2.88. The lowest BCUT2D eigenvalue weighted by atomic mass is 9.77. The molecule has 0 atom stereocenters. The molecule has 40 heavy (non-hydrogen) atoms. The van der Waals surface area contributed by atoms with Crippen molar-refractivity contribution >= 4 is 0 Å². The summed E-state index contributed by atoms with van der Waals surface area (Å²) in [6, 6.07) is 13.2. The summed E-state index contributed by atoms with van der Waals surface area (Å²) in [5.74, 6) is -2.58. The van der Waals surface area contributed by atoms with Crippen molar-refractivity contribution in [3.63, 3.8) is 0 Å². The Kier molecular flexibility index (Phi) is 11.0. The van der Waals surface area contributed by atoms with Crippen LogP contribution in [0.3, 0.4) is 0 Å². The van der Waals surface area contributed by atoms with Gasteiger partial charge in [-0.2, -0.15) is 0 Å². The molecule has 0 N–H and O–H groups in total. The van der Waals surface area contributed by atoms with E-state index in [0.29, 0.717) is 34.6 Å². The lowest BCUT2D eigenvalue weighted by Gasteiger charge is -2.29. The summed E-state index contributed by atoms with van der Waals surface area (Å²) >= 11 is 0. The number of unbranched alkanes of at least 4 members (excludes halogenated alkanes) is 4. The summed E-state index contributed by atoms with van der Waals surface area (Å²) in [5, 5.41) is 0. The fraction of sp³-hybridized carbons (Fsp3) is 0.444. The Morgan fingerprint density at radius 1 is 0.675 bits per heavy atom. The zero-order valence-electron chi connectivity index (χ0n) is 23.9. The van der Waals surface area contributed by atoms with Crippen molar-refractivity contribution in [2.24, 2.45) is 5.92 Å². The quantitative estimate of drug-likeness (QED) is 0.119. The molecule has 0 nitrogen and oxygen atoms in total. The minimum Gasteiger partial charge on any atom is -0.203 e. The van der Waals surface area contributed by atoms with E-state index in [1.54, 1.807) is 48.5 Å². The van der Waals surface area contributed by atoms with Crippen LogP contribution in [0.25, 0.3) is 22.3 Å². The van der Waals surface area contributed by atoms with Crippen molar-refractivity contribution in [3.05, 3.63) is 95.1 Å². The van der Waals surface area contributed by atoms with Gasteiger partial charge in [0.05, 0.1) is 0 Å². The van der Waals surface area contributed by atoms with Gasteiger partial charge >= 0.3 is 0 Å². The summed E-state index contributed by atoms with van der Waals surface area (Å²) in [5.41, 5.74) is 2.21. The first-order valence-electron chi connectivity index (χ1n) is 15.1. The molecule has 4 rings (SSSR count). The molecule has 4 heteroatoms. The molecule has 0 aromatic heterocycles. The second kappa shape index (κ2) is 14.7. The highest BCUT2D eigenvalue weighted by molar-refractivity contribution is 5.71. The molecule has 0 radical (unpaired) electrons. The first-order chi connectivity index (χ1) is 19.4. The predicted molar refractivity (Wildman–Crippen MR) is 158 cm³/mol. The van der Waals surface area contributed by atoms with Crippen LogP contribution in [-0.2, 0) is 6.42 Å². The van der Waals surface area contributed by atoms with Crippen LogP contribution in [0.15, 0.2) is 60.7 Å². The van der Waals surface area contributed by atoms with Crippen LogP contribution >= 0.6 is 0 Å². The summed E-state index contributed by atoms with van der Waals surface area (Å²) in [4.78, 5) is 0. The Morgan fingerprint density at radius 3 is 1.90 bits per heavy atom. The molecular weight excluding hydrogens is 508 g/mol. The molecule has 3 aromatic rings. The van der Waals surface area contributed by atoms with E-state index in [-0.39, 0.29) is 17.0 Å². The Bertz CT molecular complexity index is 1270. The van der Waals surface area contributed by atoms with Gasteiger partial charge in [-0.1, -0.05) is 93.3 Å². The molecule has 0 bridgehead atoms. The molecule has 0 heterocycles. The maximum Gasteiger partial charge on any atom is 0.166 e. The van der Waals surface area contributed by atoms with Gasteiger partial charge in [-0.05, 0) is 92.4 Å². The van der Waals surface area contributed by atoms with Crippen molar-refractivity contribution in [3.8, 4) is 22.3 Å². The molecule has 1 aliphatic rings. The fourth-order valence-electron chi connectivity index (χ4n) is 6.12. The third-order valence-corrected chi connectivity index (χ3v) is 8.59. The lowest BCUT2D eigenvalue weighted by molar-refractivity contribution is 0.306. The van der Waals surface area contributed by atoms with E-state index in [1.807, 2.05) is 6.92 Å². The van der Waals surface area contributed by atoms with Gasteiger partial charge in [0.1, 0.15) is 0 Å². The number of allylic oxidation sites excluding steroid dienone is 2. The molecule has 1 saturated carbocycles. The van der Waals surface area contributed by atoms with Gasteiger partial charge in [-0.3, -0.25) is 0 Å². The first-order valence-corrected chi connectivity index (χ1v) is 15.1. The molecule has 0 amide bonds. The topological polar surface area (TPSA) is 0 Å². The standard InChI is InChI=1S/C36H42F4/c1-3-5-7-8-10-12-29-21-22-30(34(38)33(29)37)27-17-19-28(20-18-27)32-24-23-31(35(39)36(32)40)26-15-13-25(14-16-26)11-9-6-4-2/h4,6,17-26H,3,5,7-16H2,1-2H3/b6-4+. The maximum absolute atomic E-state index is 15.2. The number of hydrogen-bond acceptors (Lipinski definition) is 0. The molecule has 1 fully saturated rings. The second-order valence-electron chi connectivity index (χ2n) is 11.3. The van der Waals surface area contributed by atoms with E-state index in [9.17, 15) is 8.78 Å². The second-order valence-corrected chi connectivity index (χ2v) is 11.3. The van der Waals surface area contributed by atoms with Crippen LogP contribution in [-0.4, -0.2) is 0 Å². The molecule has 214 valence electrons. The summed E-state index contributed by atoms with van der Waals surface area (Å²) in [6.45, 7) is 4.17. The number of aryl methyl sites for hydroxylation is 1. The Labute approximate surface area is 237 Å². The van der Waals surface area contributed by atoms with Gasteiger partial charge in [-0.25, -0.2) is 17.6 Å². The Balaban J connectivity index is 1.44. The van der Waals surface area contributed by atoms with Gasteiger partial charge in [0, 0.05) is 11.1 Å². The third kappa shape index (κ3) is 7.25. The number of benzene rings is 3. The molecule has 0 aliphatic heterocycles. The SMILES string of the molecule is C/C=C/CCC1CCC(c2ccc(-c3ccc(-c4ccc(CCCCCCC)c(F)c4F)cc3)c(F)c2F)CC1. The van der Waals surface area contributed by atoms with Crippen LogP contribution < -0.4 is 0 Å². The first kappa shape index (κ1) is 30.1. The minimum absolute atomic E-state index is 0.0427. The third-order valence-electron chi connectivity index (χ3n) is 8.59. The van der Waals surface area contributed by atoms with Crippen molar-refractivity contribution in [2.75, 3.05) is 0 Å². The lowest BCUT2D eigenvalue weighted by Crippen LogP contribution is -2.15. The van der Waals surface area contributed by atoms with Gasteiger partial charge in [0.2, 0.25) is 0 Å². The molecule has 0 saturated heterocycles. The van der Waals surface area contributed by atoms with Crippen LogP contribution in [0.2, 0.25) is 0 Å². The molecular formula is C36H42F4. The van der Waals surface area contributed by atoms with Crippen LogP contribution in [0.5, 0.6) is 0 Å². The maximum atomic E-state index is 15.2. The highest BCUT2D eigenvalue weighted by Crippen LogP contribution is 2.40. The molecule has 0 unspecified atom stereocenters. The van der Waals surface area contributed by atoms with E-state index >= 15 is 8.78 Å². The van der Waals surface area contributed by atoms with E-state index in [1.165, 1.54) is 0 Å². The molecule has 0 spiro atoms. The fourth-order valence-corrected chi connectivity index (χ4v) is 6.12. The van der Waals surface area contributed by atoms with Crippen LogP contribution in [0.1, 0.15) is 102 Å². The largest absolute Gasteiger partial charge is 0.203 e. The zero-order valence-corrected chi connectivity index (χ0v) is 23.9. The average Bonchev–Trinajstić information content (AvgIpc) is 2.97. The van der Waals surface area contributed by atoms with Crippen LogP contribution in [0.4, 0.5) is 17.6 Å². The van der Waals surface area contributed by atoms with Gasteiger partial charge in [0.15, 0.2) is 23.3 Å². The summed E-state index contributed by atoms with van der Waals surface area (Å²) < 4.78 is 60.2. The zero-order chi connectivity index (χ0) is 28.5. The number of hydrogen-bond donors (Lipinski definition) is 0. The molecule has 1 aliphatic carbocycles. The van der Waals surface area contributed by atoms with Gasteiger partial charge in [-0.15, -0.1) is 0 Å². The van der Waals surface area contributed by atoms with Crippen LogP contribution in [0, 0.1) is 29.2 Å². The predicted octanol–water partition coefficient (Wildman–Crippen LogP) is 11.7. The highest BCUT2D eigenvalue weighted by Gasteiger charge is 2.26. The summed E-state index contributed by atoms with van der Waals surface area (Å²) in [7, 11) is 0.